The van der Waals surface area contributed by atoms with E-state index in [2.05, 4.69) is 31.9 Å². The monoisotopic (exact) mass is 415 g/mol. The number of carbonyl (C=O) groups excluding carboxylic acids is 1. The van der Waals surface area contributed by atoms with Crippen molar-refractivity contribution in [2.24, 2.45) is 0 Å². The third-order valence-corrected chi connectivity index (χ3v) is 4.39. The fraction of sp³-hybridized carbons (Fsp3) is 0.133. The second-order valence-corrected chi connectivity index (χ2v) is 6.55. The molecule has 2 rings (SSSR count). The minimum absolute atomic E-state index is 0.0516. The molecule has 5 heteroatoms. The van der Waals surface area contributed by atoms with E-state index in [1.165, 1.54) is 0 Å². The Kier molecular flexibility index (Phi) is 5.24. The SMILES string of the molecule is CN(Cc1ccccc1Cl)C(=O)c1ccc(Br)cc1Br. The molecule has 0 aliphatic heterocycles. The molecule has 0 spiro atoms. The molecule has 20 heavy (non-hydrogen) atoms. The van der Waals surface area contributed by atoms with Gasteiger partial charge in [-0.05, 0) is 45.8 Å². The van der Waals surface area contributed by atoms with Crippen molar-refractivity contribution in [1.82, 2.24) is 4.90 Å². The van der Waals surface area contributed by atoms with E-state index in [-0.39, 0.29) is 5.91 Å². The molecule has 0 aliphatic rings. The predicted molar refractivity (Wildman–Crippen MR) is 89.1 cm³/mol. The van der Waals surface area contributed by atoms with Gasteiger partial charge in [0.1, 0.15) is 0 Å². The van der Waals surface area contributed by atoms with Crippen molar-refractivity contribution in [1.29, 1.82) is 0 Å². The van der Waals surface area contributed by atoms with Crippen LogP contribution in [-0.2, 0) is 6.54 Å². The van der Waals surface area contributed by atoms with Gasteiger partial charge >= 0.3 is 0 Å². The molecule has 0 saturated carbocycles. The summed E-state index contributed by atoms with van der Waals surface area (Å²) in [4.78, 5) is 14.1. The van der Waals surface area contributed by atoms with E-state index in [4.69, 9.17) is 11.6 Å². The third-order valence-electron chi connectivity index (χ3n) is 2.87. The number of hydrogen-bond donors (Lipinski definition) is 0. The Morgan fingerprint density at radius 3 is 2.55 bits per heavy atom. The van der Waals surface area contributed by atoms with Gasteiger partial charge in [-0.15, -0.1) is 0 Å². The number of carbonyl (C=O) groups is 1. The highest BCUT2D eigenvalue weighted by Crippen LogP contribution is 2.24. The maximum atomic E-state index is 12.4. The lowest BCUT2D eigenvalue weighted by Crippen LogP contribution is -2.26. The Morgan fingerprint density at radius 2 is 1.90 bits per heavy atom. The molecule has 104 valence electrons. The maximum Gasteiger partial charge on any atom is 0.255 e. The summed E-state index contributed by atoms with van der Waals surface area (Å²) in [7, 11) is 1.76. The van der Waals surface area contributed by atoms with Crippen molar-refractivity contribution >= 4 is 49.4 Å². The molecule has 0 atom stereocenters. The molecular formula is C15H12Br2ClNO. The van der Waals surface area contributed by atoms with Gasteiger partial charge in [0, 0.05) is 27.6 Å². The summed E-state index contributed by atoms with van der Waals surface area (Å²) in [5.41, 5.74) is 1.56. The van der Waals surface area contributed by atoms with E-state index < -0.39 is 0 Å². The molecule has 0 radical (unpaired) electrons. The summed E-state index contributed by atoms with van der Waals surface area (Å²) in [6.07, 6.45) is 0. The van der Waals surface area contributed by atoms with E-state index in [1.807, 2.05) is 36.4 Å². The fourth-order valence-corrected chi connectivity index (χ4v) is 3.23. The van der Waals surface area contributed by atoms with Gasteiger partial charge in [0.05, 0.1) is 5.56 Å². The first kappa shape index (κ1) is 15.5. The Bertz CT molecular complexity index is 646. The molecule has 0 heterocycles. The normalized spacial score (nSPS) is 10.4. The Morgan fingerprint density at radius 1 is 1.20 bits per heavy atom. The van der Waals surface area contributed by atoms with Gasteiger partial charge in [-0.25, -0.2) is 0 Å². The average molecular weight is 418 g/mol. The first-order valence-electron chi connectivity index (χ1n) is 5.93. The number of benzene rings is 2. The summed E-state index contributed by atoms with van der Waals surface area (Å²) < 4.78 is 1.69. The lowest BCUT2D eigenvalue weighted by molar-refractivity contribution is 0.0784. The predicted octanol–water partition coefficient (Wildman–Crippen LogP) is 5.14. The summed E-state index contributed by atoms with van der Waals surface area (Å²) in [5.74, 6) is -0.0516. The molecule has 2 aromatic rings. The van der Waals surface area contributed by atoms with Crippen LogP contribution < -0.4 is 0 Å². The Hall–Kier alpha value is -0.840. The molecule has 0 aliphatic carbocycles. The van der Waals surface area contributed by atoms with Gasteiger partial charge < -0.3 is 4.90 Å². The zero-order valence-electron chi connectivity index (χ0n) is 10.7. The number of halogens is 3. The summed E-state index contributed by atoms with van der Waals surface area (Å²) >= 11 is 12.9. The van der Waals surface area contributed by atoms with E-state index in [0.717, 1.165) is 14.5 Å². The summed E-state index contributed by atoms with van der Waals surface area (Å²) in [6, 6.07) is 13.0. The minimum atomic E-state index is -0.0516. The van der Waals surface area contributed by atoms with Crippen molar-refractivity contribution in [3.8, 4) is 0 Å². The zero-order chi connectivity index (χ0) is 14.7. The zero-order valence-corrected chi connectivity index (χ0v) is 14.7. The molecule has 0 unspecified atom stereocenters. The first-order valence-corrected chi connectivity index (χ1v) is 7.89. The van der Waals surface area contributed by atoms with Gasteiger partial charge in [0.2, 0.25) is 0 Å². The van der Waals surface area contributed by atoms with Crippen LogP contribution in [0.2, 0.25) is 5.02 Å². The van der Waals surface area contributed by atoms with Gasteiger partial charge in [-0.1, -0.05) is 45.7 Å². The average Bonchev–Trinajstić information content (AvgIpc) is 2.40. The van der Waals surface area contributed by atoms with Gasteiger partial charge in [0.15, 0.2) is 0 Å². The number of rotatable bonds is 3. The topological polar surface area (TPSA) is 20.3 Å². The van der Waals surface area contributed by atoms with Crippen LogP contribution in [0.25, 0.3) is 0 Å². The quantitative estimate of drug-likeness (QED) is 0.677. The standard InChI is InChI=1S/C15H12Br2ClNO/c1-19(9-10-4-2-3-5-14(10)18)15(20)12-7-6-11(16)8-13(12)17/h2-8H,9H2,1H3. The van der Waals surface area contributed by atoms with E-state index in [0.29, 0.717) is 17.1 Å². The smallest absolute Gasteiger partial charge is 0.255 e. The van der Waals surface area contributed by atoms with Gasteiger partial charge in [0.25, 0.3) is 5.91 Å². The van der Waals surface area contributed by atoms with Gasteiger partial charge in [-0.2, -0.15) is 0 Å². The summed E-state index contributed by atoms with van der Waals surface area (Å²) in [5, 5.41) is 0.669. The summed E-state index contributed by atoms with van der Waals surface area (Å²) in [6.45, 7) is 0.473. The van der Waals surface area contributed by atoms with E-state index >= 15 is 0 Å². The minimum Gasteiger partial charge on any atom is -0.337 e. The number of amides is 1. The molecular weight excluding hydrogens is 405 g/mol. The lowest BCUT2D eigenvalue weighted by atomic mass is 10.1. The molecule has 2 nitrogen and oxygen atoms in total. The number of nitrogens with zero attached hydrogens (tertiary/aromatic N) is 1. The van der Waals surface area contributed by atoms with Crippen LogP contribution in [0.15, 0.2) is 51.4 Å². The molecule has 0 bridgehead atoms. The molecule has 0 fully saturated rings. The van der Waals surface area contributed by atoms with Crippen LogP contribution in [0.5, 0.6) is 0 Å². The highest BCUT2D eigenvalue weighted by atomic mass is 79.9. The van der Waals surface area contributed by atoms with Crippen molar-refractivity contribution in [3.05, 3.63) is 67.6 Å². The Labute approximate surface area is 140 Å². The largest absolute Gasteiger partial charge is 0.337 e. The van der Waals surface area contributed by atoms with Crippen LogP contribution in [0, 0.1) is 0 Å². The molecule has 1 amide bonds. The molecule has 0 aromatic heterocycles. The van der Waals surface area contributed by atoms with Crippen molar-refractivity contribution in [2.45, 2.75) is 6.54 Å². The maximum absolute atomic E-state index is 12.4. The van der Waals surface area contributed by atoms with Crippen LogP contribution >= 0.6 is 43.5 Å². The second-order valence-electron chi connectivity index (χ2n) is 4.38. The molecule has 2 aromatic carbocycles. The van der Waals surface area contributed by atoms with Crippen LogP contribution in [0.4, 0.5) is 0 Å². The van der Waals surface area contributed by atoms with E-state index in [1.54, 1.807) is 18.0 Å². The third kappa shape index (κ3) is 3.62. The molecule has 0 N–H and O–H groups in total. The van der Waals surface area contributed by atoms with Crippen molar-refractivity contribution in [2.75, 3.05) is 7.05 Å². The number of hydrogen-bond acceptors (Lipinski definition) is 1. The van der Waals surface area contributed by atoms with Crippen LogP contribution in [0.3, 0.4) is 0 Å². The van der Waals surface area contributed by atoms with Crippen molar-refractivity contribution < 1.29 is 4.79 Å². The fourth-order valence-electron chi connectivity index (χ4n) is 1.82. The highest BCUT2D eigenvalue weighted by Gasteiger charge is 2.16. The lowest BCUT2D eigenvalue weighted by Gasteiger charge is -2.19. The van der Waals surface area contributed by atoms with Crippen molar-refractivity contribution in [3.63, 3.8) is 0 Å². The highest BCUT2D eigenvalue weighted by molar-refractivity contribution is 9.11. The second kappa shape index (κ2) is 6.74. The van der Waals surface area contributed by atoms with Gasteiger partial charge in [-0.3, -0.25) is 4.79 Å². The van der Waals surface area contributed by atoms with Crippen LogP contribution in [0.1, 0.15) is 15.9 Å². The first-order chi connectivity index (χ1) is 9.49. The molecule has 0 saturated heterocycles. The van der Waals surface area contributed by atoms with Crippen LogP contribution in [-0.4, -0.2) is 17.9 Å². The Balaban J connectivity index is 2.19. The van der Waals surface area contributed by atoms with E-state index in [9.17, 15) is 4.79 Å².